The molecule has 1 aromatic heterocycles. The molecule has 0 aliphatic heterocycles. The molecule has 1 aromatic rings. The van der Waals surface area contributed by atoms with Gasteiger partial charge in [-0.15, -0.1) is 0 Å². The Morgan fingerprint density at radius 3 is 2.71 bits per heavy atom. The average Bonchev–Trinajstić information content (AvgIpc) is 2.73. The van der Waals surface area contributed by atoms with Crippen molar-refractivity contribution in [3.8, 4) is 0 Å². The van der Waals surface area contributed by atoms with Crippen LogP contribution in [-0.2, 0) is 4.79 Å². The quantitative estimate of drug-likeness (QED) is 0.699. The third kappa shape index (κ3) is 3.24. The maximum atomic E-state index is 11.7. The van der Waals surface area contributed by atoms with E-state index < -0.39 is 6.04 Å². The highest BCUT2D eigenvalue weighted by Gasteiger charge is 2.19. The van der Waals surface area contributed by atoms with E-state index in [0.717, 1.165) is 0 Å². The highest BCUT2D eigenvalue weighted by Crippen LogP contribution is 2.04. The molecule has 94 valence electrons. The van der Waals surface area contributed by atoms with Crippen LogP contribution in [0.4, 0.5) is 5.69 Å². The summed E-state index contributed by atoms with van der Waals surface area (Å²) in [5.41, 5.74) is 6.32. The minimum Gasteiger partial charge on any atom is -0.397 e. The van der Waals surface area contributed by atoms with Gasteiger partial charge in [-0.05, 0) is 19.9 Å². The number of rotatable bonds is 4. The Labute approximate surface area is 100 Å². The number of nitrogens with two attached hydrogens (primary N) is 1. The third-order valence-corrected chi connectivity index (χ3v) is 2.52. The van der Waals surface area contributed by atoms with Crippen LogP contribution in [0.5, 0.6) is 0 Å². The van der Waals surface area contributed by atoms with E-state index in [0.29, 0.717) is 17.9 Å². The van der Waals surface area contributed by atoms with Crippen molar-refractivity contribution in [1.29, 1.82) is 0 Å². The minimum atomic E-state index is -0.558. The minimum absolute atomic E-state index is 0.125. The molecular weight excluding hydrogens is 220 g/mol. The van der Waals surface area contributed by atoms with E-state index in [1.165, 1.54) is 12.3 Å². The van der Waals surface area contributed by atoms with E-state index in [1.807, 2.05) is 6.92 Å². The first-order valence-electron chi connectivity index (χ1n) is 5.45. The fraction of sp³-hybridized carbons (Fsp3) is 0.455. The van der Waals surface area contributed by atoms with Crippen LogP contribution >= 0.6 is 0 Å². The molecule has 2 amide bonds. The summed E-state index contributed by atoms with van der Waals surface area (Å²) in [7, 11) is 1.69. The number of hydrogen-bond acceptors (Lipinski definition) is 3. The van der Waals surface area contributed by atoms with Crippen LogP contribution in [0.25, 0.3) is 0 Å². The molecule has 0 aliphatic rings. The monoisotopic (exact) mass is 238 g/mol. The standard InChI is InChI=1S/C11H18N4O2/c1-4-15(3)11(17)7(2)14-10(16)9-5-8(12)6-13-9/h5-7,13H,4,12H2,1-3H3,(H,14,16). The topological polar surface area (TPSA) is 91.2 Å². The van der Waals surface area contributed by atoms with Gasteiger partial charge in [0.05, 0.1) is 0 Å². The molecule has 17 heavy (non-hydrogen) atoms. The molecule has 6 heteroatoms. The van der Waals surface area contributed by atoms with Gasteiger partial charge < -0.3 is 20.9 Å². The zero-order valence-electron chi connectivity index (χ0n) is 10.3. The van der Waals surface area contributed by atoms with Crippen LogP contribution in [0.3, 0.4) is 0 Å². The molecule has 0 bridgehead atoms. The van der Waals surface area contributed by atoms with E-state index in [1.54, 1.807) is 18.9 Å². The van der Waals surface area contributed by atoms with Gasteiger partial charge in [0, 0.05) is 25.5 Å². The molecule has 0 saturated carbocycles. The van der Waals surface area contributed by atoms with Crippen LogP contribution in [0.1, 0.15) is 24.3 Å². The van der Waals surface area contributed by atoms with E-state index in [2.05, 4.69) is 10.3 Å². The first-order valence-corrected chi connectivity index (χ1v) is 5.45. The van der Waals surface area contributed by atoms with Gasteiger partial charge >= 0.3 is 0 Å². The first kappa shape index (κ1) is 13.1. The van der Waals surface area contributed by atoms with Crippen molar-refractivity contribution in [3.05, 3.63) is 18.0 Å². The van der Waals surface area contributed by atoms with Gasteiger partial charge in [-0.3, -0.25) is 9.59 Å². The van der Waals surface area contributed by atoms with Gasteiger partial charge in [-0.25, -0.2) is 0 Å². The van der Waals surface area contributed by atoms with Gasteiger partial charge in [0.15, 0.2) is 0 Å². The molecular formula is C11H18N4O2. The molecule has 1 atom stereocenters. The number of carbonyl (C=O) groups excluding carboxylic acids is 2. The number of nitrogen functional groups attached to an aromatic ring is 1. The number of hydrogen-bond donors (Lipinski definition) is 3. The zero-order valence-corrected chi connectivity index (χ0v) is 10.3. The lowest BCUT2D eigenvalue weighted by molar-refractivity contribution is -0.131. The molecule has 0 saturated heterocycles. The number of nitrogens with one attached hydrogen (secondary N) is 2. The summed E-state index contributed by atoms with van der Waals surface area (Å²) in [6.45, 7) is 4.13. The Kier molecular flexibility index (Phi) is 4.14. The lowest BCUT2D eigenvalue weighted by Crippen LogP contribution is -2.45. The molecule has 6 nitrogen and oxygen atoms in total. The van der Waals surface area contributed by atoms with E-state index >= 15 is 0 Å². The van der Waals surface area contributed by atoms with E-state index in [9.17, 15) is 9.59 Å². The number of anilines is 1. The molecule has 0 fully saturated rings. The van der Waals surface area contributed by atoms with Crippen molar-refractivity contribution >= 4 is 17.5 Å². The Morgan fingerprint density at radius 2 is 2.24 bits per heavy atom. The molecule has 0 aromatic carbocycles. The Hall–Kier alpha value is -1.98. The maximum absolute atomic E-state index is 11.7. The number of carbonyl (C=O) groups is 2. The smallest absolute Gasteiger partial charge is 0.268 e. The average molecular weight is 238 g/mol. The fourth-order valence-corrected chi connectivity index (χ4v) is 1.36. The lowest BCUT2D eigenvalue weighted by Gasteiger charge is -2.20. The summed E-state index contributed by atoms with van der Waals surface area (Å²) in [5.74, 6) is -0.465. The van der Waals surface area contributed by atoms with Crippen LogP contribution in [0.15, 0.2) is 12.3 Å². The molecule has 0 aliphatic carbocycles. The van der Waals surface area contributed by atoms with Crippen molar-refractivity contribution in [1.82, 2.24) is 15.2 Å². The number of H-pyrrole nitrogens is 1. The highest BCUT2D eigenvalue weighted by molar-refractivity contribution is 5.96. The SMILES string of the molecule is CCN(C)C(=O)C(C)NC(=O)c1cc(N)c[nH]1. The van der Waals surface area contributed by atoms with Crippen LogP contribution < -0.4 is 11.1 Å². The molecule has 1 rings (SSSR count). The predicted molar refractivity (Wildman–Crippen MR) is 65.4 cm³/mol. The number of nitrogens with zero attached hydrogens (tertiary/aromatic N) is 1. The Balaban J connectivity index is 2.60. The summed E-state index contributed by atoms with van der Waals surface area (Å²) in [4.78, 5) is 27.7. The Morgan fingerprint density at radius 1 is 1.59 bits per heavy atom. The van der Waals surface area contributed by atoms with Crippen molar-refractivity contribution < 1.29 is 9.59 Å². The summed E-state index contributed by atoms with van der Waals surface area (Å²) < 4.78 is 0. The second kappa shape index (κ2) is 5.38. The fourth-order valence-electron chi connectivity index (χ4n) is 1.36. The normalized spacial score (nSPS) is 11.9. The van der Waals surface area contributed by atoms with E-state index in [-0.39, 0.29) is 11.8 Å². The van der Waals surface area contributed by atoms with Crippen LogP contribution in [-0.4, -0.2) is 41.3 Å². The number of likely N-dealkylation sites (N-methyl/N-ethyl adjacent to an activating group) is 1. The van der Waals surface area contributed by atoms with Gasteiger partial charge in [0.25, 0.3) is 5.91 Å². The molecule has 0 spiro atoms. The number of aromatic nitrogens is 1. The molecule has 0 radical (unpaired) electrons. The molecule has 1 unspecified atom stereocenters. The largest absolute Gasteiger partial charge is 0.397 e. The number of amides is 2. The summed E-state index contributed by atoms with van der Waals surface area (Å²) in [6.07, 6.45) is 1.53. The third-order valence-electron chi connectivity index (χ3n) is 2.52. The van der Waals surface area contributed by atoms with E-state index in [4.69, 9.17) is 5.73 Å². The highest BCUT2D eigenvalue weighted by atomic mass is 16.2. The van der Waals surface area contributed by atoms with Crippen molar-refractivity contribution in [3.63, 3.8) is 0 Å². The van der Waals surface area contributed by atoms with Gasteiger partial charge in [-0.1, -0.05) is 0 Å². The van der Waals surface area contributed by atoms with Gasteiger partial charge in [0.1, 0.15) is 11.7 Å². The van der Waals surface area contributed by atoms with Crippen molar-refractivity contribution in [2.45, 2.75) is 19.9 Å². The zero-order chi connectivity index (χ0) is 13.0. The lowest BCUT2D eigenvalue weighted by atomic mass is 10.2. The van der Waals surface area contributed by atoms with Crippen LogP contribution in [0, 0.1) is 0 Å². The molecule has 1 heterocycles. The number of aromatic amines is 1. The second-order valence-corrected chi connectivity index (χ2v) is 3.89. The molecule has 4 N–H and O–H groups in total. The van der Waals surface area contributed by atoms with Gasteiger partial charge in [0.2, 0.25) is 5.91 Å². The summed E-state index contributed by atoms with van der Waals surface area (Å²) in [5, 5.41) is 2.61. The van der Waals surface area contributed by atoms with Crippen LogP contribution in [0.2, 0.25) is 0 Å². The first-order chi connectivity index (χ1) is 7.95. The van der Waals surface area contributed by atoms with Crippen molar-refractivity contribution in [2.75, 3.05) is 19.3 Å². The second-order valence-electron chi connectivity index (χ2n) is 3.89. The summed E-state index contributed by atoms with van der Waals surface area (Å²) >= 11 is 0. The summed E-state index contributed by atoms with van der Waals surface area (Å²) in [6, 6.07) is 0.966. The predicted octanol–water partition coefficient (Wildman–Crippen LogP) is 0.194. The Bertz CT molecular complexity index is 413. The van der Waals surface area contributed by atoms with Crippen molar-refractivity contribution in [2.24, 2.45) is 0 Å². The maximum Gasteiger partial charge on any atom is 0.268 e. The van der Waals surface area contributed by atoms with Gasteiger partial charge in [-0.2, -0.15) is 0 Å².